The molecule has 0 aromatic heterocycles. The molecular weight excluding hydrogens is 422 g/mol. The number of amides is 1. The summed E-state index contributed by atoms with van der Waals surface area (Å²) in [5, 5.41) is 22.4. The number of rotatable bonds is 11. The third-order valence-electron chi connectivity index (χ3n) is 4.99. The molecule has 7 nitrogen and oxygen atoms in total. The standard InChI is InChI=1S/C26H27NO6/c28-17-18-32-21-15-13-20(14-16-21)24(11-2-1-3-12-25(29)30)33-26(31)27-23-10-6-8-19-7-4-5-9-22(19)23/h3-10,12-16,24,28H,1-2,11,17-18H2,(H,27,31)(H,29,30)/b12-3+/t24-/m1/s1. The van der Waals surface area contributed by atoms with E-state index in [2.05, 4.69) is 5.32 Å². The lowest BCUT2D eigenvalue weighted by Crippen LogP contribution is -2.18. The van der Waals surface area contributed by atoms with E-state index in [4.69, 9.17) is 19.7 Å². The lowest BCUT2D eigenvalue weighted by molar-refractivity contribution is -0.131. The number of aliphatic hydroxyl groups excluding tert-OH is 1. The second-order valence-corrected chi connectivity index (χ2v) is 7.36. The average molecular weight is 450 g/mol. The Hall–Kier alpha value is -3.84. The molecule has 0 heterocycles. The van der Waals surface area contributed by atoms with Gasteiger partial charge in [0.05, 0.1) is 12.3 Å². The molecule has 3 aromatic rings. The number of hydrogen-bond donors (Lipinski definition) is 3. The molecule has 3 rings (SSSR count). The first-order valence-electron chi connectivity index (χ1n) is 10.8. The van der Waals surface area contributed by atoms with Gasteiger partial charge < -0.3 is 19.7 Å². The van der Waals surface area contributed by atoms with E-state index in [1.807, 2.05) is 54.6 Å². The van der Waals surface area contributed by atoms with Crippen LogP contribution in [0.2, 0.25) is 0 Å². The van der Waals surface area contributed by atoms with Crippen LogP contribution in [0.3, 0.4) is 0 Å². The number of carboxylic acids is 1. The number of carboxylic acid groups (broad SMARTS) is 1. The first kappa shape index (κ1) is 23.8. The molecule has 7 heteroatoms. The highest BCUT2D eigenvalue weighted by Crippen LogP contribution is 2.28. The van der Waals surface area contributed by atoms with Crippen molar-refractivity contribution in [1.29, 1.82) is 0 Å². The Morgan fingerprint density at radius 2 is 1.76 bits per heavy atom. The van der Waals surface area contributed by atoms with Crippen molar-refractivity contribution in [3.05, 3.63) is 84.4 Å². The van der Waals surface area contributed by atoms with Gasteiger partial charge in [-0.1, -0.05) is 54.6 Å². The fraction of sp³-hybridized carbons (Fsp3) is 0.231. The van der Waals surface area contributed by atoms with Crippen LogP contribution in [0.15, 0.2) is 78.9 Å². The van der Waals surface area contributed by atoms with Crippen LogP contribution in [0.5, 0.6) is 5.75 Å². The third kappa shape index (κ3) is 7.36. The van der Waals surface area contributed by atoms with Gasteiger partial charge in [0.1, 0.15) is 18.5 Å². The summed E-state index contributed by atoms with van der Waals surface area (Å²) in [7, 11) is 0. The molecule has 33 heavy (non-hydrogen) atoms. The second-order valence-electron chi connectivity index (χ2n) is 7.36. The topological polar surface area (TPSA) is 105 Å². The van der Waals surface area contributed by atoms with Crippen LogP contribution >= 0.6 is 0 Å². The number of ether oxygens (including phenoxy) is 2. The van der Waals surface area contributed by atoms with Crippen LogP contribution in [-0.4, -0.2) is 35.5 Å². The summed E-state index contributed by atoms with van der Waals surface area (Å²) in [6, 6.07) is 20.6. The summed E-state index contributed by atoms with van der Waals surface area (Å²) in [4.78, 5) is 23.4. The SMILES string of the molecule is O=C(O)/C=C/CCC[C@@H](OC(=O)Nc1cccc2ccccc12)c1ccc(OCCO)cc1. The Balaban J connectivity index is 1.70. The molecule has 0 aliphatic heterocycles. The van der Waals surface area contributed by atoms with Crippen molar-refractivity contribution in [3.8, 4) is 5.75 Å². The number of aliphatic hydroxyl groups is 1. The molecule has 0 aliphatic carbocycles. The monoisotopic (exact) mass is 449 g/mol. The number of anilines is 1. The summed E-state index contributed by atoms with van der Waals surface area (Å²) in [6.45, 7) is 0.119. The minimum absolute atomic E-state index is 0.0777. The molecule has 3 N–H and O–H groups in total. The Labute approximate surface area is 192 Å². The zero-order valence-electron chi connectivity index (χ0n) is 18.1. The summed E-state index contributed by atoms with van der Waals surface area (Å²) in [6.07, 6.45) is 3.30. The number of hydrogen-bond acceptors (Lipinski definition) is 5. The molecule has 3 aromatic carbocycles. The number of nitrogens with one attached hydrogen (secondary N) is 1. The van der Waals surface area contributed by atoms with Crippen molar-refractivity contribution in [2.75, 3.05) is 18.5 Å². The summed E-state index contributed by atoms with van der Waals surface area (Å²) < 4.78 is 11.2. The van der Waals surface area contributed by atoms with E-state index in [-0.39, 0.29) is 13.2 Å². The highest BCUT2D eigenvalue weighted by atomic mass is 16.6. The van der Waals surface area contributed by atoms with Gasteiger partial charge in [-0.25, -0.2) is 9.59 Å². The minimum Gasteiger partial charge on any atom is -0.491 e. The fourth-order valence-electron chi connectivity index (χ4n) is 3.44. The molecule has 172 valence electrons. The highest BCUT2D eigenvalue weighted by Gasteiger charge is 2.17. The van der Waals surface area contributed by atoms with Gasteiger partial charge in [-0.15, -0.1) is 0 Å². The Bertz CT molecular complexity index is 1090. The first-order chi connectivity index (χ1) is 16.1. The molecule has 0 fully saturated rings. The highest BCUT2D eigenvalue weighted by molar-refractivity contribution is 6.00. The molecule has 0 aliphatic rings. The van der Waals surface area contributed by atoms with Crippen LogP contribution < -0.4 is 10.1 Å². The van der Waals surface area contributed by atoms with Gasteiger partial charge in [0, 0.05) is 11.5 Å². The summed E-state index contributed by atoms with van der Waals surface area (Å²) in [5.41, 5.74) is 1.45. The van der Waals surface area contributed by atoms with E-state index in [0.717, 1.165) is 22.4 Å². The molecule has 0 saturated carbocycles. The van der Waals surface area contributed by atoms with Crippen molar-refractivity contribution in [2.45, 2.75) is 25.4 Å². The van der Waals surface area contributed by atoms with Crippen molar-refractivity contribution >= 4 is 28.5 Å². The molecule has 1 amide bonds. The number of aliphatic carboxylic acids is 1. The van der Waals surface area contributed by atoms with Gasteiger partial charge in [-0.05, 0) is 48.4 Å². The molecule has 0 unspecified atom stereocenters. The number of carbonyl (C=O) groups is 2. The zero-order chi connectivity index (χ0) is 23.5. The van der Waals surface area contributed by atoms with E-state index in [9.17, 15) is 9.59 Å². The van der Waals surface area contributed by atoms with E-state index in [1.165, 1.54) is 0 Å². The van der Waals surface area contributed by atoms with Gasteiger partial charge in [0.2, 0.25) is 0 Å². The Kier molecular flexibility index (Phi) is 8.85. The Morgan fingerprint density at radius 3 is 2.52 bits per heavy atom. The molecule has 0 saturated heterocycles. The smallest absolute Gasteiger partial charge is 0.412 e. The number of fused-ring (bicyclic) bond motifs is 1. The second kappa shape index (κ2) is 12.3. The number of allylic oxidation sites excluding steroid dienone is 1. The first-order valence-corrected chi connectivity index (χ1v) is 10.8. The number of unbranched alkanes of at least 4 members (excludes halogenated alkanes) is 1. The lowest BCUT2D eigenvalue weighted by Gasteiger charge is -2.19. The lowest BCUT2D eigenvalue weighted by atomic mass is 10.0. The van der Waals surface area contributed by atoms with Gasteiger partial charge in [0.25, 0.3) is 0 Å². The van der Waals surface area contributed by atoms with E-state index >= 15 is 0 Å². The normalized spacial score (nSPS) is 11.9. The van der Waals surface area contributed by atoms with Crippen LogP contribution in [0.1, 0.15) is 30.9 Å². The van der Waals surface area contributed by atoms with Gasteiger partial charge in [-0.3, -0.25) is 5.32 Å². The quantitative estimate of drug-likeness (QED) is 0.271. The van der Waals surface area contributed by atoms with Crippen molar-refractivity contribution in [3.63, 3.8) is 0 Å². The number of benzene rings is 3. The van der Waals surface area contributed by atoms with Gasteiger partial charge >= 0.3 is 12.1 Å². The zero-order valence-corrected chi connectivity index (χ0v) is 18.1. The largest absolute Gasteiger partial charge is 0.491 e. The van der Waals surface area contributed by atoms with E-state index in [0.29, 0.717) is 30.7 Å². The molecule has 1 atom stereocenters. The minimum atomic E-state index is -0.990. The van der Waals surface area contributed by atoms with Gasteiger partial charge in [-0.2, -0.15) is 0 Å². The van der Waals surface area contributed by atoms with Crippen LogP contribution in [0, 0.1) is 0 Å². The third-order valence-corrected chi connectivity index (χ3v) is 4.99. The molecule has 0 spiro atoms. The maximum atomic E-state index is 12.7. The summed E-state index contributed by atoms with van der Waals surface area (Å²) >= 11 is 0. The number of carbonyl (C=O) groups excluding carboxylic acids is 1. The molecule has 0 bridgehead atoms. The van der Waals surface area contributed by atoms with Crippen molar-refractivity contribution in [2.24, 2.45) is 0 Å². The predicted octanol–water partition coefficient (Wildman–Crippen LogP) is 5.31. The fourth-order valence-corrected chi connectivity index (χ4v) is 3.44. The van der Waals surface area contributed by atoms with Crippen LogP contribution in [0.4, 0.5) is 10.5 Å². The molecule has 0 radical (unpaired) electrons. The van der Waals surface area contributed by atoms with Crippen molar-refractivity contribution < 1.29 is 29.3 Å². The van der Waals surface area contributed by atoms with E-state index in [1.54, 1.807) is 18.2 Å². The maximum absolute atomic E-state index is 12.7. The Morgan fingerprint density at radius 1 is 1.00 bits per heavy atom. The van der Waals surface area contributed by atoms with Crippen LogP contribution in [0.25, 0.3) is 10.8 Å². The maximum Gasteiger partial charge on any atom is 0.412 e. The predicted molar refractivity (Wildman–Crippen MR) is 126 cm³/mol. The van der Waals surface area contributed by atoms with Gasteiger partial charge in [0.15, 0.2) is 0 Å². The van der Waals surface area contributed by atoms with Crippen LogP contribution in [-0.2, 0) is 9.53 Å². The molecular formula is C26H27NO6. The summed E-state index contributed by atoms with van der Waals surface area (Å²) in [5.74, 6) is -0.383. The van der Waals surface area contributed by atoms with Crippen molar-refractivity contribution in [1.82, 2.24) is 0 Å². The van der Waals surface area contributed by atoms with E-state index < -0.39 is 18.2 Å². The average Bonchev–Trinajstić information content (AvgIpc) is 2.82.